The van der Waals surface area contributed by atoms with Crippen LogP contribution in [0.25, 0.3) is 0 Å². The van der Waals surface area contributed by atoms with Gasteiger partial charge >= 0.3 is 0 Å². The first-order chi connectivity index (χ1) is 10.2. The third-order valence-electron chi connectivity index (χ3n) is 3.41. The number of hydrogen-bond acceptors (Lipinski definition) is 3. The van der Waals surface area contributed by atoms with Gasteiger partial charge in [0.05, 0.1) is 13.2 Å². The molecule has 0 aliphatic rings. The Morgan fingerprint density at radius 3 is 2.33 bits per heavy atom. The van der Waals surface area contributed by atoms with Crippen LogP contribution in [0.4, 0.5) is 0 Å². The summed E-state index contributed by atoms with van der Waals surface area (Å²) in [6, 6.07) is 6.48. The molecular weight excluding hydrogens is 262 g/mol. The van der Waals surface area contributed by atoms with Gasteiger partial charge in [-0.3, -0.25) is 0 Å². The Morgan fingerprint density at radius 2 is 1.76 bits per heavy atom. The van der Waals surface area contributed by atoms with E-state index in [9.17, 15) is 0 Å². The lowest BCUT2D eigenvalue weighted by Gasteiger charge is -2.21. The lowest BCUT2D eigenvalue weighted by molar-refractivity contribution is 0.287. The van der Waals surface area contributed by atoms with Crippen LogP contribution in [0.15, 0.2) is 30.4 Å². The molecular formula is C18H29NO2. The van der Waals surface area contributed by atoms with Gasteiger partial charge < -0.3 is 14.8 Å². The predicted octanol–water partition coefficient (Wildman–Crippen LogP) is 4.49. The van der Waals surface area contributed by atoms with E-state index in [2.05, 4.69) is 37.9 Å². The highest BCUT2D eigenvalue weighted by Gasteiger charge is 2.14. The first-order valence-electron chi connectivity index (χ1n) is 7.95. The number of rotatable bonds is 10. The second-order valence-electron chi connectivity index (χ2n) is 4.99. The molecule has 3 nitrogen and oxygen atoms in total. The fraction of sp³-hybridized carbons (Fsp3) is 0.556. The maximum absolute atomic E-state index is 5.71. The molecule has 0 spiro atoms. The second kappa shape index (κ2) is 9.46. The van der Waals surface area contributed by atoms with Crippen molar-refractivity contribution in [3.05, 3.63) is 35.9 Å². The van der Waals surface area contributed by atoms with Gasteiger partial charge in [0, 0.05) is 6.04 Å². The summed E-state index contributed by atoms with van der Waals surface area (Å²) < 4.78 is 11.3. The fourth-order valence-corrected chi connectivity index (χ4v) is 2.27. The van der Waals surface area contributed by atoms with E-state index in [0.717, 1.165) is 30.9 Å². The van der Waals surface area contributed by atoms with E-state index in [1.54, 1.807) is 0 Å². The first-order valence-corrected chi connectivity index (χ1v) is 7.95. The van der Waals surface area contributed by atoms with E-state index in [4.69, 9.17) is 9.47 Å². The Hall–Kier alpha value is -1.48. The molecule has 1 unspecified atom stereocenters. The van der Waals surface area contributed by atoms with Gasteiger partial charge in [-0.1, -0.05) is 32.1 Å². The third kappa shape index (κ3) is 5.43. The topological polar surface area (TPSA) is 30.5 Å². The molecule has 0 aliphatic carbocycles. The van der Waals surface area contributed by atoms with Crippen molar-refractivity contribution >= 4 is 0 Å². The maximum Gasteiger partial charge on any atom is 0.161 e. The Balaban J connectivity index is 3.01. The third-order valence-corrected chi connectivity index (χ3v) is 3.41. The summed E-state index contributed by atoms with van der Waals surface area (Å²) in [4.78, 5) is 0. The molecule has 1 atom stereocenters. The normalized spacial score (nSPS) is 12.0. The van der Waals surface area contributed by atoms with Gasteiger partial charge in [-0.25, -0.2) is 0 Å². The molecule has 21 heavy (non-hydrogen) atoms. The van der Waals surface area contributed by atoms with Crippen LogP contribution in [0, 0.1) is 0 Å². The summed E-state index contributed by atoms with van der Waals surface area (Å²) in [6.45, 7) is 14.6. The van der Waals surface area contributed by atoms with E-state index >= 15 is 0 Å². The van der Waals surface area contributed by atoms with Crippen molar-refractivity contribution in [2.45, 2.75) is 46.6 Å². The van der Waals surface area contributed by atoms with Crippen molar-refractivity contribution in [2.24, 2.45) is 0 Å². The van der Waals surface area contributed by atoms with Gasteiger partial charge in [0.15, 0.2) is 11.5 Å². The van der Waals surface area contributed by atoms with Crippen molar-refractivity contribution in [3.8, 4) is 11.5 Å². The highest BCUT2D eigenvalue weighted by atomic mass is 16.5. The van der Waals surface area contributed by atoms with Crippen LogP contribution in [-0.2, 0) is 0 Å². The van der Waals surface area contributed by atoms with Crippen LogP contribution in [0.1, 0.15) is 52.1 Å². The number of benzene rings is 1. The van der Waals surface area contributed by atoms with Crippen LogP contribution in [0.5, 0.6) is 11.5 Å². The van der Waals surface area contributed by atoms with E-state index in [-0.39, 0.29) is 6.04 Å². The van der Waals surface area contributed by atoms with Crippen LogP contribution < -0.4 is 14.8 Å². The molecule has 118 valence electrons. The molecule has 0 aromatic heterocycles. The standard InChI is InChI=1S/C18H29NO2/c1-6-14(5)12-16(19-7-2)15-10-11-17(20-8-3)18(13-15)21-9-4/h10-11,13,16,19H,5-9,12H2,1-4H3. The average molecular weight is 291 g/mol. The van der Waals surface area contributed by atoms with E-state index in [0.29, 0.717) is 13.2 Å². The first kappa shape index (κ1) is 17.6. The molecule has 1 rings (SSSR count). The summed E-state index contributed by atoms with van der Waals surface area (Å²) >= 11 is 0. The molecule has 0 bridgehead atoms. The summed E-state index contributed by atoms with van der Waals surface area (Å²) in [5.41, 5.74) is 2.48. The van der Waals surface area contributed by atoms with Crippen LogP contribution in [-0.4, -0.2) is 19.8 Å². The zero-order valence-electron chi connectivity index (χ0n) is 13.9. The van der Waals surface area contributed by atoms with Crippen LogP contribution in [0.3, 0.4) is 0 Å². The summed E-state index contributed by atoms with van der Waals surface area (Å²) in [7, 11) is 0. The van der Waals surface area contributed by atoms with Gasteiger partial charge in [-0.05, 0) is 50.9 Å². The Labute approximate surface area is 129 Å². The quantitative estimate of drug-likeness (QED) is 0.644. The number of hydrogen-bond donors (Lipinski definition) is 1. The minimum atomic E-state index is 0.275. The van der Waals surface area contributed by atoms with E-state index < -0.39 is 0 Å². The lowest BCUT2D eigenvalue weighted by atomic mass is 9.98. The lowest BCUT2D eigenvalue weighted by Crippen LogP contribution is -2.21. The molecule has 3 heteroatoms. The summed E-state index contributed by atoms with van der Waals surface area (Å²) in [6.07, 6.45) is 1.96. The maximum atomic E-state index is 5.71. The van der Waals surface area contributed by atoms with Gasteiger partial charge in [0.2, 0.25) is 0 Å². The van der Waals surface area contributed by atoms with E-state index in [1.807, 2.05) is 19.9 Å². The SMILES string of the molecule is C=C(CC)CC(NCC)c1ccc(OCC)c(OCC)c1. The van der Waals surface area contributed by atoms with Crippen LogP contribution in [0.2, 0.25) is 0 Å². The summed E-state index contributed by atoms with van der Waals surface area (Å²) in [5.74, 6) is 1.63. The molecule has 0 radical (unpaired) electrons. The molecule has 0 aliphatic heterocycles. The second-order valence-corrected chi connectivity index (χ2v) is 4.99. The molecule has 1 aromatic carbocycles. The Morgan fingerprint density at radius 1 is 1.10 bits per heavy atom. The molecule has 0 fully saturated rings. The van der Waals surface area contributed by atoms with Crippen molar-refractivity contribution in [2.75, 3.05) is 19.8 Å². The van der Waals surface area contributed by atoms with Crippen molar-refractivity contribution in [1.82, 2.24) is 5.32 Å². The predicted molar refractivity (Wildman–Crippen MR) is 89.2 cm³/mol. The van der Waals surface area contributed by atoms with Gasteiger partial charge in [-0.15, -0.1) is 0 Å². The molecule has 0 amide bonds. The van der Waals surface area contributed by atoms with Gasteiger partial charge in [-0.2, -0.15) is 0 Å². The molecule has 1 aromatic rings. The highest BCUT2D eigenvalue weighted by molar-refractivity contribution is 5.44. The average Bonchev–Trinajstić information content (AvgIpc) is 2.49. The smallest absolute Gasteiger partial charge is 0.161 e. The Bertz CT molecular complexity index is 443. The van der Waals surface area contributed by atoms with Gasteiger partial charge in [0.1, 0.15) is 0 Å². The molecule has 0 heterocycles. The monoisotopic (exact) mass is 291 g/mol. The van der Waals surface area contributed by atoms with Crippen molar-refractivity contribution < 1.29 is 9.47 Å². The fourth-order valence-electron chi connectivity index (χ4n) is 2.27. The number of nitrogens with one attached hydrogen (secondary N) is 1. The molecule has 0 saturated carbocycles. The summed E-state index contributed by atoms with van der Waals surface area (Å²) in [5, 5.41) is 3.53. The largest absolute Gasteiger partial charge is 0.490 e. The van der Waals surface area contributed by atoms with Crippen LogP contribution >= 0.6 is 0 Å². The molecule has 1 N–H and O–H groups in total. The van der Waals surface area contributed by atoms with Crippen molar-refractivity contribution in [3.63, 3.8) is 0 Å². The minimum absolute atomic E-state index is 0.275. The van der Waals surface area contributed by atoms with E-state index in [1.165, 1.54) is 11.1 Å². The number of ether oxygens (including phenoxy) is 2. The Kier molecular flexibility index (Phi) is 7.91. The molecule has 0 saturated heterocycles. The highest BCUT2D eigenvalue weighted by Crippen LogP contribution is 2.32. The van der Waals surface area contributed by atoms with Crippen molar-refractivity contribution in [1.29, 1.82) is 0 Å². The minimum Gasteiger partial charge on any atom is -0.490 e. The van der Waals surface area contributed by atoms with Gasteiger partial charge in [0.25, 0.3) is 0 Å². The zero-order valence-corrected chi connectivity index (χ0v) is 13.9. The zero-order chi connectivity index (χ0) is 15.7.